The number of carbonyl (C=O) groups excluding carboxylic acids is 1. The Morgan fingerprint density at radius 2 is 1.57 bits per heavy atom. The van der Waals surface area contributed by atoms with E-state index in [0.717, 1.165) is 36.0 Å². The van der Waals surface area contributed by atoms with Crippen molar-refractivity contribution in [3.05, 3.63) is 71.3 Å². The van der Waals surface area contributed by atoms with E-state index >= 15 is 0 Å². The summed E-state index contributed by atoms with van der Waals surface area (Å²) >= 11 is 0. The number of rotatable bonds is 2. The zero-order valence-corrected chi connectivity index (χ0v) is 13.3. The molecule has 2 aliphatic rings. The first-order valence-corrected chi connectivity index (χ1v) is 8.66. The van der Waals surface area contributed by atoms with Crippen LogP contribution < -0.4 is 0 Å². The van der Waals surface area contributed by atoms with E-state index in [1.807, 2.05) is 36.4 Å². The van der Waals surface area contributed by atoms with E-state index in [4.69, 9.17) is 4.74 Å². The minimum absolute atomic E-state index is 0.165. The Kier molecular flexibility index (Phi) is 3.68. The lowest BCUT2D eigenvalue weighted by molar-refractivity contribution is -0.0718. The molecule has 1 aliphatic heterocycles. The van der Waals surface area contributed by atoms with Gasteiger partial charge in [-0.1, -0.05) is 67.8 Å². The summed E-state index contributed by atoms with van der Waals surface area (Å²) in [6, 6.07) is 18.3. The van der Waals surface area contributed by atoms with Crippen LogP contribution in [0.2, 0.25) is 0 Å². The Morgan fingerprint density at radius 1 is 0.870 bits per heavy atom. The highest BCUT2D eigenvalue weighted by Gasteiger charge is 2.47. The van der Waals surface area contributed by atoms with E-state index in [-0.39, 0.29) is 5.97 Å². The number of fused-ring (bicyclic) bond motifs is 1. The van der Waals surface area contributed by atoms with Gasteiger partial charge in [0.05, 0.1) is 5.56 Å². The topological polar surface area (TPSA) is 26.3 Å². The fourth-order valence-corrected chi connectivity index (χ4v) is 4.33. The molecule has 1 heterocycles. The molecular weight excluding hydrogens is 284 g/mol. The summed E-state index contributed by atoms with van der Waals surface area (Å²) in [5.41, 5.74) is 2.51. The van der Waals surface area contributed by atoms with E-state index in [9.17, 15) is 4.79 Å². The van der Waals surface area contributed by atoms with E-state index in [1.54, 1.807) is 0 Å². The second kappa shape index (κ2) is 5.84. The molecule has 0 aromatic heterocycles. The highest BCUT2D eigenvalue weighted by Crippen LogP contribution is 2.47. The summed E-state index contributed by atoms with van der Waals surface area (Å²) in [6.45, 7) is 0. The molecular formula is C21H22O2. The smallest absolute Gasteiger partial charge is 0.339 e. The minimum Gasteiger partial charge on any atom is -0.450 e. The molecule has 23 heavy (non-hydrogen) atoms. The third kappa shape index (κ3) is 2.46. The van der Waals surface area contributed by atoms with E-state index in [0.29, 0.717) is 5.92 Å². The average molecular weight is 306 g/mol. The van der Waals surface area contributed by atoms with Crippen LogP contribution in [0.4, 0.5) is 0 Å². The molecule has 1 aliphatic carbocycles. The quantitative estimate of drug-likeness (QED) is 0.739. The van der Waals surface area contributed by atoms with Crippen LogP contribution in [-0.4, -0.2) is 5.97 Å². The van der Waals surface area contributed by atoms with Crippen molar-refractivity contribution in [2.45, 2.75) is 44.1 Å². The van der Waals surface area contributed by atoms with Crippen LogP contribution in [0.5, 0.6) is 0 Å². The van der Waals surface area contributed by atoms with Crippen molar-refractivity contribution in [3.63, 3.8) is 0 Å². The maximum atomic E-state index is 12.7. The summed E-state index contributed by atoms with van der Waals surface area (Å²) < 4.78 is 6.19. The Labute approximate surface area is 137 Å². The van der Waals surface area contributed by atoms with E-state index in [1.165, 1.54) is 19.3 Å². The Morgan fingerprint density at radius 3 is 2.35 bits per heavy atom. The van der Waals surface area contributed by atoms with Gasteiger partial charge in [0.15, 0.2) is 0 Å². The van der Waals surface area contributed by atoms with Crippen LogP contribution in [0.15, 0.2) is 54.6 Å². The van der Waals surface area contributed by atoms with Gasteiger partial charge in [-0.3, -0.25) is 0 Å². The third-order valence-electron chi connectivity index (χ3n) is 5.49. The number of cyclic esters (lactones) is 1. The maximum Gasteiger partial charge on any atom is 0.339 e. The molecule has 0 saturated heterocycles. The molecule has 0 amide bonds. The van der Waals surface area contributed by atoms with Crippen molar-refractivity contribution in [2.24, 2.45) is 5.92 Å². The summed E-state index contributed by atoms with van der Waals surface area (Å²) in [4.78, 5) is 12.7. The number of hydrogen-bond acceptors (Lipinski definition) is 2. The highest BCUT2D eigenvalue weighted by molar-refractivity contribution is 5.92. The molecule has 4 rings (SSSR count). The molecule has 1 unspecified atom stereocenters. The lowest BCUT2D eigenvalue weighted by atomic mass is 9.69. The largest absolute Gasteiger partial charge is 0.450 e. The zero-order chi connectivity index (χ0) is 15.7. The average Bonchev–Trinajstić information content (AvgIpc) is 2.63. The number of benzene rings is 2. The number of esters is 1. The normalized spacial score (nSPS) is 24.8. The Hall–Kier alpha value is -2.09. The molecule has 1 saturated carbocycles. The molecule has 1 fully saturated rings. The molecule has 0 N–H and O–H groups in total. The van der Waals surface area contributed by atoms with Gasteiger partial charge in [0.2, 0.25) is 0 Å². The summed E-state index contributed by atoms with van der Waals surface area (Å²) in [6.07, 6.45) is 6.85. The predicted molar refractivity (Wildman–Crippen MR) is 90.3 cm³/mol. The second-order valence-electron chi connectivity index (χ2n) is 6.81. The van der Waals surface area contributed by atoms with E-state index < -0.39 is 5.60 Å². The minimum atomic E-state index is -0.493. The first-order chi connectivity index (χ1) is 11.3. The van der Waals surface area contributed by atoms with Gasteiger partial charge < -0.3 is 4.74 Å². The van der Waals surface area contributed by atoms with Crippen LogP contribution >= 0.6 is 0 Å². The van der Waals surface area contributed by atoms with Gasteiger partial charge in [-0.25, -0.2) is 4.79 Å². The molecule has 0 radical (unpaired) electrons. The monoisotopic (exact) mass is 306 g/mol. The molecule has 1 atom stereocenters. The van der Waals surface area contributed by atoms with Gasteiger partial charge in [-0.05, 0) is 30.0 Å². The van der Waals surface area contributed by atoms with Crippen molar-refractivity contribution >= 4 is 5.97 Å². The Bertz CT molecular complexity index is 701. The number of carbonyl (C=O) groups is 1. The standard InChI is InChI=1S/C21H22O2/c22-20-19-14-8-7-9-16(19)15-21(23-20,17-10-3-1-4-11-17)18-12-5-2-6-13-18/h1,3-4,7-11,14,18H,2,5-6,12-13,15H2. The maximum absolute atomic E-state index is 12.7. The van der Waals surface area contributed by atoms with Gasteiger partial charge >= 0.3 is 5.97 Å². The molecule has 2 aromatic rings. The lowest BCUT2D eigenvalue weighted by Crippen LogP contribution is -2.46. The van der Waals surface area contributed by atoms with Gasteiger partial charge in [0.1, 0.15) is 5.60 Å². The first-order valence-electron chi connectivity index (χ1n) is 8.66. The SMILES string of the molecule is O=C1OC(c2ccccc2)(C2CCCCC2)Cc2ccccc21. The summed E-state index contributed by atoms with van der Waals surface area (Å²) in [5, 5.41) is 0. The van der Waals surface area contributed by atoms with Crippen molar-refractivity contribution in [3.8, 4) is 0 Å². The predicted octanol–water partition coefficient (Wildman–Crippen LogP) is 4.88. The van der Waals surface area contributed by atoms with Crippen molar-refractivity contribution in [2.75, 3.05) is 0 Å². The van der Waals surface area contributed by atoms with Gasteiger partial charge in [-0.15, -0.1) is 0 Å². The lowest BCUT2D eigenvalue weighted by Gasteiger charge is -2.45. The van der Waals surface area contributed by atoms with Crippen molar-refractivity contribution in [1.82, 2.24) is 0 Å². The molecule has 0 spiro atoms. The number of hydrogen-bond donors (Lipinski definition) is 0. The van der Waals surface area contributed by atoms with Crippen LogP contribution in [0.3, 0.4) is 0 Å². The van der Waals surface area contributed by atoms with Crippen LogP contribution in [0.1, 0.15) is 53.6 Å². The Balaban J connectivity index is 1.83. The number of ether oxygens (including phenoxy) is 1. The molecule has 118 valence electrons. The van der Waals surface area contributed by atoms with Gasteiger partial charge in [-0.2, -0.15) is 0 Å². The van der Waals surface area contributed by atoms with Crippen LogP contribution in [0, 0.1) is 5.92 Å². The molecule has 2 nitrogen and oxygen atoms in total. The van der Waals surface area contributed by atoms with Crippen molar-refractivity contribution in [1.29, 1.82) is 0 Å². The van der Waals surface area contributed by atoms with Crippen LogP contribution in [-0.2, 0) is 16.8 Å². The first kappa shape index (κ1) is 14.5. The zero-order valence-electron chi connectivity index (χ0n) is 13.3. The van der Waals surface area contributed by atoms with Crippen LogP contribution in [0.25, 0.3) is 0 Å². The fraction of sp³-hybridized carbons (Fsp3) is 0.381. The highest BCUT2D eigenvalue weighted by atomic mass is 16.6. The second-order valence-corrected chi connectivity index (χ2v) is 6.81. The molecule has 0 bridgehead atoms. The summed E-state index contributed by atoms with van der Waals surface area (Å²) in [7, 11) is 0. The van der Waals surface area contributed by atoms with Crippen molar-refractivity contribution < 1.29 is 9.53 Å². The summed E-state index contributed by atoms with van der Waals surface area (Å²) in [5.74, 6) is 0.247. The van der Waals surface area contributed by atoms with Gasteiger partial charge in [0, 0.05) is 12.3 Å². The van der Waals surface area contributed by atoms with E-state index in [2.05, 4.69) is 18.2 Å². The fourth-order valence-electron chi connectivity index (χ4n) is 4.33. The molecule has 2 heteroatoms. The van der Waals surface area contributed by atoms with Gasteiger partial charge in [0.25, 0.3) is 0 Å². The third-order valence-corrected chi connectivity index (χ3v) is 5.49. The molecule has 2 aromatic carbocycles.